The van der Waals surface area contributed by atoms with Crippen LogP contribution in [0.1, 0.15) is 50.9 Å². The van der Waals surface area contributed by atoms with E-state index in [-0.39, 0.29) is 17.0 Å². The summed E-state index contributed by atoms with van der Waals surface area (Å²) in [5.74, 6) is 0.709. The quantitative estimate of drug-likeness (QED) is 0.803. The van der Waals surface area contributed by atoms with Gasteiger partial charge in [-0.15, -0.1) is 0 Å². The van der Waals surface area contributed by atoms with E-state index in [4.69, 9.17) is 9.47 Å². The summed E-state index contributed by atoms with van der Waals surface area (Å²) in [7, 11) is 3.21. The number of nitrogens with one attached hydrogen (secondary N) is 1. The minimum absolute atomic E-state index is 0.111. The van der Waals surface area contributed by atoms with Crippen LogP contribution in [0.3, 0.4) is 0 Å². The van der Waals surface area contributed by atoms with Crippen LogP contribution in [0.2, 0.25) is 0 Å². The summed E-state index contributed by atoms with van der Waals surface area (Å²) in [5, 5.41) is 3.59. The van der Waals surface area contributed by atoms with Crippen LogP contribution in [-0.4, -0.2) is 29.7 Å². The summed E-state index contributed by atoms with van der Waals surface area (Å²) in [6.45, 7) is 8.24. The molecule has 0 aliphatic rings. The van der Waals surface area contributed by atoms with Crippen LogP contribution in [0.4, 0.5) is 0 Å². The van der Waals surface area contributed by atoms with Gasteiger partial charge in [0, 0.05) is 18.0 Å². The van der Waals surface area contributed by atoms with Gasteiger partial charge in [0.05, 0.1) is 19.2 Å². The molecule has 0 aliphatic heterocycles. The van der Waals surface area contributed by atoms with Crippen molar-refractivity contribution in [2.24, 2.45) is 7.05 Å². The Bertz CT molecular complexity index is 863. The predicted molar refractivity (Wildman–Crippen MR) is 103 cm³/mol. The molecule has 6 nitrogen and oxygen atoms in total. The Balaban J connectivity index is 2.62. The van der Waals surface area contributed by atoms with Gasteiger partial charge in [-0.2, -0.15) is 0 Å². The second-order valence-corrected chi connectivity index (χ2v) is 7.36. The molecule has 0 fully saturated rings. The minimum atomic E-state index is -0.425. The van der Waals surface area contributed by atoms with Crippen molar-refractivity contribution in [2.45, 2.75) is 46.1 Å². The highest BCUT2D eigenvalue weighted by Gasteiger charge is 2.21. The van der Waals surface area contributed by atoms with E-state index in [1.54, 1.807) is 26.3 Å². The number of unbranched alkanes of at least 4 members (excludes halogenated alkanes) is 1. The van der Waals surface area contributed by atoms with Crippen molar-refractivity contribution in [3.63, 3.8) is 0 Å². The number of ether oxygens (including phenoxy) is 2. The molecule has 0 saturated heterocycles. The first kappa shape index (κ1) is 19.8. The molecule has 142 valence electrons. The third-order valence-corrected chi connectivity index (χ3v) is 3.99. The molecular formula is C20H28N2O4. The monoisotopic (exact) mass is 360 g/mol. The molecule has 2 aromatic rings. The van der Waals surface area contributed by atoms with Gasteiger partial charge in [0.15, 0.2) is 11.5 Å². The van der Waals surface area contributed by atoms with E-state index in [0.717, 1.165) is 18.2 Å². The van der Waals surface area contributed by atoms with Crippen molar-refractivity contribution >= 4 is 16.8 Å². The van der Waals surface area contributed by atoms with Crippen molar-refractivity contribution < 1.29 is 14.3 Å². The number of hydrogen-bond acceptors (Lipinski definition) is 4. The zero-order valence-corrected chi connectivity index (χ0v) is 16.4. The van der Waals surface area contributed by atoms with Gasteiger partial charge in [0.25, 0.3) is 11.5 Å². The SMILES string of the molecule is CCCCOc1c(OC)ccc2cc(C(=O)NC(C)(C)C)c(=O)n(C)c12. The molecule has 0 aliphatic carbocycles. The summed E-state index contributed by atoms with van der Waals surface area (Å²) in [5.41, 5.74) is -0.0593. The Morgan fingerprint density at radius 1 is 1.27 bits per heavy atom. The average molecular weight is 360 g/mol. The molecule has 0 spiro atoms. The molecule has 2 rings (SSSR count). The highest BCUT2D eigenvalue weighted by molar-refractivity contribution is 5.99. The van der Waals surface area contributed by atoms with E-state index < -0.39 is 5.54 Å². The van der Waals surface area contributed by atoms with Crippen LogP contribution in [-0.2, 0) is 7.05 Å². The maximum absolute atomic E-state index is 12.8. The van der Waals surface area contributed by atoms with E-state index >= 15 is 0 Å². The summed E-state index contributed by atoms with van der Waals surface area (Å²) >= 11 is 0. The molecule has 0 bridgehead atoms. The molecule has 26 heavy (non-hydrogen) atoms. The second-order valence-electron chi connectivity index (χ2n) is 7.36. The predicted octanol–water partition coefficient (Wildman–Crippen LogP) is 3.25. The van der Waals surface area contributed by atoms with Gasteiger partial charge in [0.1, 0.15) is 5.56 Å². The van der Waals surface area contributed by atoms with Crippen LogP contribution in [0.15, 0.2) is 23.0 Å². The zero-order chi connectivity index (χ0) is 19.5. The molecule has 0 saturated carbocycles. The first-order valence-electron chi connectivity index (χ1n) is 8.85. The summed E-state index contributed by atoms with van der Waals surface area (Å²) < 4.78 is 12.8. The number of hydrogen-bond donors (Lipinski definition) is 1. The van der Waals surface area contributed by atoms with Crippen molar-refractivity contribution in [3.8, 4) is 11.5 Å². The van der Waals surface area contributed by atoms with Gasteiger partial charge in [-0.3, -0.25) is 9.59 Å². The normalized spacial score (nSPS) is 11.5. The molecule has 0 radical (unpaired) electrons. The van der Waals surface area contributed by atoms with Crippen LogP contribution < -0.4 is 20.3 Å². The highest BCUT2D eigenvalue weighted by atomic mass is 16.5. The molecule has 6 heteroatoms. The van der Waals surface area contributed by atoms with E-state index in [9.17, 15) is 9.59 Å². The molecule has 1 N–H and O–H groups in total. The van der Waals surface area contributed by atoms with Crippen LogP contribution in [0.5, 0.6) is 11.5 Å². The van der Waals surface area contributed by atoms with E-state index in [2.05, 4.69) is 12.2 Å². The number of carbonyl (C=O) groups is 1. The van der Waals surface area contributed by atoms with Crippen LogP contribution in [0.25, 0.3) is 10.9 Å². The minimum Gasteiger partial charge on any atom is -0.493 e. The largest absolute Gasteiger partial charge is 0.493 e. The number of fused-ring (bicyclic) bond motifs is 1. The number of nitrogens with zero attached hydrogens (tertiary/aromatic N) is 1. The number of methoxy groups -OCH3 is 1. The molecule has 1 aromatic heterocycles. The molecule has 1 amide bonds. The van der Waals surface area contributed by atoms with Crippen molar-refractivity contribution in [3.05, 3.63) is 34.1 Å². The highest BCUT2D eigenvalue weighted by Crippen LogP contribution is 2.35. The topological polar surface area (TPSA) is 69.6 Å². The van der Waals surface area contributed by atoms with E-state index in [0.29, 0.717) is 23.6 Å². The lowest BCUT2D eigenvalue weighted by Gasteiger charge is -2.21. The lowest BCUT2D eigenvalue weighted by Crippen LogP contribution is -2.43. The smallest absolute Gasteiger partial charge is 0.263 e. The van der Waals surface area contributed by atoms with Gasteiger partial charge in [0.2, 0.25) is 0 Å². The lowest BCUT2D eigenvalue weighted by molar-refractivity contribution is 0.0917. The van der Waals surface area contributed by atoms with Crippen LogP contribution >= 0.6 is 0 Å². The van der Waals surface area contributed by atoms with Gasteiger partial charge in [-0.1, -0.05) is 13.3 Å². The first-order chi connectivity index (χ1) is 12.2. The number of aryl methyl sites for hydroxylation is 1. The third kappa shape index (κ3) is 4.18. The van der Waals surface area contributed by atoms with Crippen molar-refractivity contribution in [1.82, 2.24) is 9.88 Å². The number of benzene rings is 1. The Labute approximate surface area is 154 Å². The molecule has 1 aromatic carbocycles. The molecular weight excluding hydrogens is 332 g/mol. The Hall–Kier alpha value is -2.50. The maximum Gasteiger partial charge on any atom is 0.263 e. The fraction of sp³-hybridized carbons (Fsp3) is 0.500. The number of rotatable bonds is 6. The summed E-state index contributed by atoms with van der Waals surface area (Å²) in [6, 6.07) is 5.23. The fourth-order valence-electron chi connectivity index (χ4n) is 2.72. The third-order valence-electron chi connectivity index (χ3n) is 3.99. The Morgan fingerprint density at radius 2 is 1.96 bits per heavy atom. The zero-order valence-electron chi connectivity index (χ0n) is 16.4. The number of pyridine rings is 1. The number of aromatic nitrogens is 1. The molecule has 1 heterocycles. The van der Waals surface area contributed by atoms with Gasteiger partial charge >= 0.3 is 0 Å². The second kappa shape index (κ2) is 7.81. The standard InChI is InChI=1S/C20H28N2O4/c1-7-8-11-26-17-15(25-6)10-9-13-12-14(18(23)21-20(2,3)4)19(24)22(5)16(13)17/h9-10,12H,7-8,11H2,1-6H3,(H,21,23). The fourth-order valence-corrected chi connectivity index (χ4v) is 2.72. The van der Waals surface area contributed by atoms with Crippen molar-refractivity contribution in [2.75, 3.05) is 13.7 Å². The van der Waals surface area contributed by atoms with Gasteiger partial charge in [-0.05, 0) is 45.4 Å². The number of amides is 1. The summed E-state index contributed by atoms with van der Waals surface area (Å²) in [6.07, 6.45) is 1.91. The Kier molecular flexibility index (Phi) is 5.95. The lowest BCUT2D eigenvalue weighted by atomic mass is 10.1. The maximum atomic E-state index is 12.8. The van der Waals surface area contributed by atoms with Crippen LogP contribution in [0, 0.1) is 0 Å². The average Bonchev–Trinajstić information content (AvgIpc) is 2.56. The van der Waals surface area contributed by atoms with Crippen molar-refractivity contribution in [1.29, 1.82) is 0 Å². The van der Waals surface area contributed by atoms with Gasteiger partial charge < -0.3 is 19.4 Å². The summed E-state index contributed by atoms with van der Waals surface area (Å²) in [4.78, 5) is 25.3. The molecule has 0 unspecified atom stereocenters. The first-order valence-corrected chi connectivity index (χ1v) is 8.85. The van der Waals surface area contributed by atoms with E-state index in [1.807, 2.05) is 26.8 Å². The molecule has 0 atom stereocenters. The Morgan fingerprint density at radius 3 is 2.54 bits per heavy atom. The number of carbonyl (C=O) groups excluding carboxylic acids is 1. The van der Waals surface area contributed by atoms with Gasteiger partial charge in [-0.25, -0.2) is 0 Å². The van der Waals surface area contributed by atoms with E-state index in [1.165, 1.54) is 4.57 Å².